The normalized spacial score (nSPS) is 19.3. The van der Waals surface area contributed by atoms with Crippen molar-refractivity contribution in [1.29, 1.82) is 0 Å². The number of nitrogens with one attached hydrogen (secondary N) is 1. The number of halogens is 1. The van der Waals surface area contributed by atoms with Gasteiger partial charge in [-0.1, -0.05) is 12.1 Å². The molecule has 2 rings (SSSR count). The first-order valence-electron chi connectivity index (χ1n) is 6.64. The number of anilines is 1. The van der Waals surface area contributed by atoms with Gasteiger partial charge in [0, 0.05) is 18.5 Å². The van der Waals surface area contributed by atoms with Crippen LogP contribution in [0.15, 0.2) is 24.3 Å². The first-order valence-corrected chi connectivity index (χ1v) is 7.07. The highest BCUT2D eigenvalue weighted by Gasteiger charge is 2.31. The van der Waals surface area contributed by atoms with Gasteiger partial charge in [-0.05, 0) is 32.9 Å². The molecule has 108 valence electrons. The molecule has 1 aromatic carbocycles. The number of para-hydroxylation sites is 1. The molecule has 1 heterocycles. The minimum absolute atomic E-state index is 0.0407. The van der Waals surface area contributed by atoms with Crippen LogP contribution >= 0.6 is 11.6 Å². The van der Waals surface area contributed by atoms with Crippen molar-refractivity contribution < 1.29 is 9.59 Å². The van der Waals surface area contributed by atoms with Gasteiger partial charge in [-0.3, -0.25) is 9.59 Å². The molecule has 0 aromatic heterocycles. The van der Waals surface area contributed by atoms with Crippen LogP contribution in [0.1, 0.15) is 37.6 Å². The van der Waals surface area contributed by atoms with Crippen LogP contribution in [-0.2, 0) is 4.79 Å². The maximum Gasteiger partial charge on any atom is 0.253 e. The van der Waals surface area contributed by atoms with Crippen molar-refractivity contribution in [2.75, 3.05) is 11.4 Å². The summed E-state index contributed by atoms with van der Waals surface area (Å²) in [6.07, 6.45) is 0.316. The van der Waals surface area contributed by atoms with Crippen LogP contribution in [0.2, 0.25) is 0 Å². The quantitative estimate of drug-likeness (QED) is 0.852. The summed E-state index contributed by atoms with van der Waals surface area (Å²) in [7, 11) is 0. The first kappa shape index (κ1) is 14.9. The maximum absolute atomic E-state index is 12.3. The number of carbonyl (C=O) groups excluding carboxylic acids is 2. The van der Waals surface area contributed by atoms with Gasteiger partial charge in [0.2, 0.25) is 5.91 Å². The molecule has 5 heteroatoms. The molecule has 2 amide bonds. The van der Waals surface area contributed by atoms with Crippen molar-refractivity contribution in [3.8, 4) is 0 Å². The Balaban J connectivity index is 2.31. The zero-order valence-corrected chi connectivity index (χ0v) is 12.7. The van der Waals surface area contributed by atoms with E-state index >= 15 is 0 Å². The van der Waals surface area contributed by atoms with Gasteiger partial charge in [-0.25, -0.2) is 0 Å². The molecule has 0 saturated carbocycles. The van der Waals surface area contributed by atoms with Crippen molar-refractivity contribution in [2.45, 2.75) is 38.1 Å². The molecule has 1 aliphatic heterocycles. The van der Waals surface area contributed by atoms with E-state index in [-0.39, 0.29) is 22.7 Å². The second kappa shape index (κ2) is 5.44. The Morgan fingerprint density at radius 1 is 1.35 bits per heavy atom. The average Bonchev–Trinajstić information content (AvgIpc) is 2.66. The monoisotopic (exact) mass is 294 g/mol. The zero-order valence-electron chi connectivity index (χ0n) is 11.9. The summed E-state index contributed by atoms with van der Waals surface area (Å²) in [6, 6.07) is 7.12. The molecule has 0 spiro atoms. The fraction of sp³-hybridized carbons (Fsp3) is 0.467. The number of benzene rings is 1. The molecule has 1 atom stereocenters. The summed E-state index contributed by atoms with van der Waals surface area (Å²) >= 11 is 6.03. The molecule has 1 saturated heterocycles. The Hall–Kier alpha value is -1.55. The van der Waals surface area contributed by atoms with Gasteiger partial charge in [-0.2, -0.15) is 0 Å². The van der Waals surface area contributed by atoms with Crippen LogP contribution < -0.4 is 10.2 Å². The molecular weight excluding hydrogens is 276 g/mol. The van der Waals surface area contributed by atoms with Gasteiger partial charge in [0.1, 0.15) is 0 Å². The van der Waals surface area contributed by atoms with Gasteiger partial charge in [0.25, 0.3) is 5.91 Å². The lowest BCUT2D eigenvalue weighted by Gasteiger charge is -2.24. The lowest BCUT2D eigenvalue weighted by atomic mass is 10.1. The smallest absolute Gasteiger partial charge is 0.253 e. The third-order valence-electron chi connectivity index (χ3n) is 3.01. The van der Waals surface area contributed by atoms with Crippen molar-refractivity contribution in [3.63, 3.8) is 0 Å². The minimum Gasteiger partial charge on any atom is -0.347 e. The fourth-order valence-electron chi connectivity index (χ4n) is 2.21. The Bertz CT molecular complexity index is 537. The summed E-state index contributed by atoms with van der Waals surface area (Å²) in [5.41, 5.74) is 0.803. The van der Waals surface area contributed by atoms with E-state index in [1.807, 2.05) is 26.8 Å². The summed E-state index contributed by atoms with van der Waals surface area (Å²) in [6.45, 7) is 6.20. The lowest BCUT2D eigenvalue weighted by molar-refractivity contribution is -0.117. The second-order valence-electron chi connectivity index (χ2n) is 6.03. The van der Waals surface area contributed by atoms with Crippen LogP contribution in [0.3, 0.4) is 0 Å². The number of hydrogen-bond donors (Lipinski definition) is 1. The highest BCUT2D eigenvalue weighted by atomic mass is 35.5. The van der Waals surface area contributed by atoms with Gasteiger partial charge in [0.05, 0.1) is 16.6 Å². The zero-order chi connectivity index (χ0) is 14.9. The van der Waals surface area contributed by atoms with Crippen LogP contribution in [0, 0.1) is 0 Å². The Morgan fingerprint density at radius 2 is 2.00 bits per heavy atom. The Morgan fingerprint density at radius 3 is 2.55 bits per heavy atom. The van der Waals surface area contributed by atoms with E-state index in [1.54, 1.807) is 23.1 Å². The highest BCUT2D eigenvalue weighted by molar-refractivity contribution is 6.24. The molecule has 1 aliphatic rings. The van der Waals surface area contributed by atoms with Gasteiger partial charge < -0.3 is 10.2 Å². The van der Waals surface area contributed by atoms with Crippen molar-refractivity contribution >= 4 is 29.1 Å². The van der Waals surface area contributed by atoms with E-state index in [2.05, 4.69) is 5.32 Å². The fourth-order valence-corrected chi connectivity index (χ4v) is 2.48. The Labute approximate surface area is 124 Å². The number of amides is 2. The maximum atomic E-state index is 12.3. The summed E-state index contributed by atoms with van der Waals surface area (Å²) < 4.78 is 0. The third-order valence-corrected chi connectivity index (χ3v) is 3.30. The molecule has 0 radical (unpaired) electrons. The highest BCUT2D eigenvalue weighted by Crippen LogP contribution is 2.27. The molecule has 0 bridgehead atoms. The summed E-state index contributed by atoms with van der Waals surface area (Å²) in [5, 5.41) is 2.72. The Kier molecular flexibility index (Phi) is 4.04. The van der Waals surface area contributed by atoms with Crippen LogP contribution in [0.5, 0.6) is 0 Å². The second-order valence-corrected chi connectivity index (χ2v) is 6.64. The number of carbonyl (C=O) groups is 2. The number of alkyl halides is 1. The predicted octanol–water partition coefficient (Wildman–Crippen LogP) is 2.56. The van der Waals surface area contributed by atoms with E-state index in [0.717, 1.165) is 0 Å². The number of rotatable bonds is 2. The lowest BCUT2D eigenvalue weighted by Crippen LogP contribution is -2.41. The van der Waals surface area contributed by atoms with Gasteiger partial charge >= 0.3 is 0 Å². The summed E-state index contributed by atoms with van der Waals surface area (Å²) in [4.78, 5) is 25.9. The first-order chi connectivity index (χ1) is 9.28. The molecule has 0 aliphatic carbocycles. The van der Waals surface area contributed by atoms with Crippen LogP contribution in [0.4, 0.5) is 5.69 Å². The summed E-state index contributed by atoms with van der Waals surface area (Å²) in [5.74, 6) is -0.222. The van der Waals surface area contributed by atoms with Crippen molar-refractivity contribution in [2.24, 2.45) is 0 Å². The van der Waals surface area contributed by atoms with Gasteiger partial charge in [-0.15, -0.1) is 11.6 Å². The van der Waals surface area contributed by atoms with Crippen LogP contribution in [0.25, 0.3) is 0 Å². The number of nitrogens with zero attached hydrogens (tertiary/aromatic N) is 1. The third kappa shape index (κ3) is 3.31. The topological polar surface area (TPSA) is 49.4 Å². The van der Waals surface area contributed by atoms with E-state index in [1.165, 1.54) is 0 Å². The molecule has 1 unspecified atom stereocenters. The average molecular weight is 295 g/mol. The van der Waals surface area contributed by atoms with E-state index < -0.39 is 0 Å². The van der Waals surface area contributed by atoms with Crippen molar-refractivity contribution in [3.05, 3.63) is 29.8 Å². The largest absolute Gasteiger partial charge is 0.347 e. The van der Waals surface area contributed by atoms with Gasteiger partial charge in [0.15, 0.2) is 0 Å². The van der Waals surface area contributed by atoms with E-state index in [4.69, 9.17) is 11.6 Å². The predicted molar refractivity (Wildman–Crippen MR) is 80.3 cm³/mol. The van der Waals surface area contributed by atoms with Crippen molar-refractivity contribution in [1.82, 2.24) is 5.32 Å². The molecule has 1 fully saturated rings. The van der Waals surface area contributed by atoms with E-state index in [9.17, 15) is 9.59 Å². The molecule has 20 heavy (non-hydrogen) atoms. The molecular formula is C15H19ClN2O2. The minimum atomic E-state index is -0.325. The molecule has 1 N–H and O–H groups in total. The molecule has 4 nitrogen and oxygen atoms in total. The SMILES string of the molecule is CC(C)(C)NC(=O)c1ccccc1N1CC(Cl)CC1=O. The standard InChI is InChI=1S/C15H19ClN2O2/c1-15(2,3)17-14(20)11-6-4-5-7-12(11)18-9-10(16)8-13(18)19/h4-7,10H,8-9H2,1-3H3,(H,17,20). The van der Waals surface area contributed by atoms with E-state index in [0.29, 0.717) is 24.2 Å². The van der Waals surface area contributed by atoms with Crippen LogP contribution in [-0.4, -0.2) is 29.3 Å². The molecule has 1 aromatic rings. The number of hydrogen-bond acceptors (Lipinski definition) is 2.